The molecule has 0 radical (unpaired) electrons. The molecule has 0 aromatic heterocycles. The summed E-state index contributed by atoms with van der Waals surface area (Å²) in [4.78, 5) is 7.91. The van der Waals surface area contributed by atoms with Crippen molar-refractivity contribution in [3.05, 3.63) is 12.2 Å². The van der Waals surface area contributed by atoms with Crippen LogP contribution in [0.1, 0.15) is 19.8 Å². The van der Waals surface area contributed by atoms with E-state index in [4.69, 9.17) is 5.11 Å². The Morgan fingerprint density at radius 1 is 1.33 bits per heavy atom. The van der Waals surface area contributed by atoms with Crippen molar-refractivity contribution in [1.82, 2.24) is 0 Å². The summed E-state index contributed by atoms with van der Waals surface area (Å²) in [5, 5.41) is 8.45. The fourth-order valence-corrected chi connectivity index (χ4v) is 0.594. The zero-order chi connectivity index (χ0) is 9.07. The maximum absolute atomic E-state index is 8.45. The minimum absolute atomic E-state index is 0.247. The molecule has 0 saturated heterocycles. The summed E-state index contributed by atoms with van der Waals surface area (Å²) >= 11 is 0. The van der Waals surface area contributed by atoms with E-state index in [2.05, 4.69) is 9.98 Å². The van der Waals surface area contributed by atoms with Gasteiger partial charge in [-0.3, -0.25) is 4.99 Å². The molecule has 0 amide bonds. The Labute approximate surface area is 73.6 Å². The first-order valence-electron chi connectivity index (χ1n) is 4.15. The molecule has 0 fully saturated rings. The average molecular weight is 168 g/mol. The maximum atomic E-state index is 8.45. The number of rotatable bonds is 6. The molecular weight excluding hydrogens is 152 g/mol. The Kier molecular flexibility index (Phi) is 9.24. The van der Waals surface area contributed by atoms with Crippen molar-refractivity contribution < 1.29 is 5.11 Å². The molecule has 0 aliphatic rings. The van der Waals surface area contributed by atoms with Crippen molar-refractivity contribution in [3.63, 3.8) is 0 Å². The number of allylic oxidation sites excluding steroid dienone is 2. The summed E-state index contributed by atoms with van der Waals surface area (Å²) in [7, 11) is 0. The molecule has 0 rings (SSSR count). The first kappa shape index (κ1) is 11.0. The van der Waals surface area contributed by atoms with Gasteiger partial charge in [0.25, 0.3) is 0 Å². The highest BCUT2D eigenvalue weighted by Crippen LogP contribution is 1.86. The van der Waals surface area contributed by atoms with Gasteiger partial charge in [0, 0.05) is 19.4 Å². The number of aliphatic hydroxyl groups excluding tert-OH is 1. The SMILES string of the molecule is C/C=C\C=NC=NCCCCO. The fourth-order valence-electron chi connectivity index (χ4n) is 0.594. The first-order chi connectivity index (χ1) is 5.91. The van der Waals surface area contributed by atoms with Gasteiger partial charge in [0.05, 0.1) is 0 Å². The highest BCUT2D eigenvalue weighted by atomic mass is 16.2. The molecule has 0 bridgehead atoms. The quantitative estimate of drug-likeness (QED) is 0.364. The number of aliphatic imine (C=N–C) groups is 2. The molecule has 0 aromatic carbocycles. The van der Waals surface area contributed by atoms with Crippen molar-refractivity contribution in [2.45, 2.75) is 19.8 Å². The van der Waals surface area contributed by atoms with Gasteiger partial charge in [0.2, 0.25) is 0 Å². The second-order valence-corrected chi connectivity index (χ2v) is 2.28. The second kappa shape index (κ2) is 10.0. The predicted octanol–water partition coefficient (Wildman–Crippen LogP) is 1.43. The third-order valence-electron chi connectivity index (χ3n) is 1.21. The normalized spacial score (nSPS) is 12.5. The van der Waals surface area contributed by atoms with E-state index in [1.807, 2.05) is 19.1 Å². The van der Waals surface area contributed by atoms with E-state index in [0.717, 1.165) is 19.4 Å². The molecule has 0 aliphatic heterocycles. The van der Waals surface area contributed by atoms with Crippen LogP contribution >= 0.6 is 0 Å². The van der Waals surface area contributed by atoms with Crippen LogP contribution in [0.4, 0.5) is 0 Å². The van der Waals surface area contributed by atoms with Gasteiger partial charge in [-0.15, -0.1) is 0 Å². The number of unbranched alkanes of at least 4 members (excludes halogenated alkanes) is 1. The van der Waals surface area contributed by atoms with E-state index >= 15 is 0 Å². The summed E-state index contributed by atoms with van der Waals surface area (Å²) in [6, 6.07) is 0. The van der Waals surface area contributed by atoms with Crippen LogP contribution in [0.2, 0.25) is 0 Å². The van der Waals surface area contributed by atoms with Gasteiger partial charge in [-0.25, -0.2) is 4.99 Å². The van der Waals surface area contributed by atoms with Crippen molar-refractivity contribution in [1.29, 1.82) is 0 Å². The van der Waals surface area contributed by atoms with Gasteiger partial charge in [-0.1, -0.05) is 6.08 Å². The van der Waals surface area contributed by atoms with Gasteiger partial charge in [-0.05, 0) is 25.8 Å². The molecule has 3 nitrogen and oxygen atoms in total. The molecule has 0 aromatic rings. The third kappa shape index (κ3) is 9.04. The standard InChI is InChI=1S/C9H16N2O/c1-2-3-6-10-9-11-7-4-5-8-12/h2-3,6,9,12H,4-5,7-8H2,1H3/b3-2-,10-6?,11-9?. The molecule has 0 atom stereocenters. The van der Waals surface area contributed by atoms with Gasteiger partial charge in [0.15, 0.2) is 0 Å². The zero-order valence-electron chi connectivity index (χ0n) is 7.48. The van der Waals surface area contributed by atoms with E-state index in [-0.39, 0.29) is 6.61 Å². The Hall–Kier alpha value is -0.960. The van der Waals surface area contributed by atoms with Gasteiger partial charge >= 0.3 is 0 Å². The number of hydrogen-bond acceptors (Lipinski definition) is 2. The van der Waals surface area contributed by atoms with Crippen molar-refractivity contribution in [2.24, 2.45) is 9.98 Å². The lowest BCUT2D eigenvalue weighted by Crippen LogP contribution is -1.86. The zero-order valence-corrected chi connectivity index (χ0v) is 7.48. The van der Waals surface area contributed by atoms with Crippen LogP contribution in [0, 0.1) is 0 Å². The molecule has 0 heterocycles. The molecule has 0 spiro atoms. The first-order valence-corrected chi connectivity index (χ1v) is 4.15. The van der Waals surface area contributed by atoms with Crippen LogP contribution in [0.3, 0.4) is 0 Å². The molecule has 0 unspecified atom stereocenters. The van der Waals surface area contributed by atoms with E-state index < -0.39 is 0 Å². The summed E-state index contributed by atoms with van der Waals surface area (Å²) in [5.41, 5.74) is 0. The van der Waals surface area contributed by atoms with Crippen molar-refractivity contribution in [2.75, 3.05) is 13.2 Å². The minimum atomic E-state index is 0.247. The van der Waals surface area contributed by atoms with E-state index in [1.54, 1.807) is 6.21 Å². The molecule has 1 N–H and O–H groups in total. The summed E-state index contributed by atoms with van der Waals surface area (Å²) in [6.07, 6.45) is 8.72. The maximum Gasteiger partial charge on any atom is 0.109 e. The lowest BCUT2D eigenvalue weighted by atomic mass is 10.3. The molecule has 3 heteroatoms. The highest BCUT2D eigenvalue weighted by Gasteiger charge is 1.80. The largest absolute Gasteiger partial charge is 0.396 e. The van der Waals surface area contributed by atoms with Crippen molar-refractivity contribution in [3.8, 4) is 0 Å². The van der Waals surface area contributed by atoms with E-state index in [1.165, 1.54) is 6.34 Å². The van der Waals surface area contributed by atoms with E-state index in [9.17, 15) is 0 Å². The molecule has 12 heavy (non-hydrogen) atoms. The minimum Gasteiger partial charge on any atom is -0.396 e. The smallest absolute Gasteiger partial charge is 0.109 e. The van der Waals surface area contributed by atoms with Crippen LogP contribution in [-0.4, -0.2) is 30.8 Å². The Morgan fingerprint density at radius 3 is 2.83 bits per heavy atom. The van der Waals surface area contributed by atoms with Gasteiger partial charge in [-0.2, -0.15) is 0 Å². The molecule has 0 saturated carbocycles. The Morgan fingerprint density at radius 2 is 2.17 bits per heavy atom. The van der Waals surface area contributed by atoms with Crippen LogP contribution < -0.4 is 0 Å². The Bertz CT molecular complexity index is 162. The topological polar surface area (TPSA) is 45.0 Å². The van der Waals surface area contributed by atoms with Crippen LogP contribution in [0.15, 0.2) is 22.1 Å². The Balaban J connectivity index is 3.24. The second-order valence-electron chi connectivity index (χ2n) is 2.28. The number of hydrogen-bond donors (Lipinski definition) is 1. The lowest BCUT2D eigenvalue weighted by Gasteiger charge is -1.89. The summed E-state index contributed by atoms with van der Waals surface area (Å²) in [5.74, 6) is 0. The fraction of sp³-hybridized carbons (Fsp3) is 0.556. The van der Waals surface area contributed by atoms with Crippen molar-refractivity contribution >= 4 is 12.6 Å². The molecular formula is C9H16N2O. The predicted molar refractivity (Wildman–Crippen MR) is 53.0 cm³/mol. The van der Waals surface area contributed by atoms with Gasteiger partial charge < -0.3 is 5.11 Å². The lowest BCUT2D eigenvalue weighted by molar-refractivity contribution is 0.285. The highest BCUT2D eigenvalue weighted by molar-refractivity contribution is 5.79. The average Bonchev–Trinajstić information content (AvgIpc) is 2.10. The van der Waals surface area contributed by atoms with Crippen LogP contribution in [0.5, 0.6) is 0 Å². The number of nitrogens with zero attached hydrogens (tertiary/aromatic N) is 2. The van der Waals surface area contributed by atoms with Gasteiger partial charge in [0.1, 0.15) is 6.34 Å². The summed E-state index contributed by atoms with van der Waals surface area (Å²) in [6.45, 7) is 2.93. The molecule has 68 valence electrons. The number of aliphatic hydroxyl groups is 1. The van der Waals surface area contributed by atoms with Crippen LogP contribution in [-0.2, 0) is 0 Å². The van der Waals surface area contributed by atoms with Crippen LogP contribution in [0.25, 0.3) is 0 Å². The summed E-state index contributed by atoms with van der Waals surface area (Å²) < 4.78 is 0. The molecule has 0 aliphatic carbocycles. The monoisotopic (exact) mass is 168 g/mol. The third-order valence-corrected chi connectivity index (χ3v) is 1.21. The van der Waals surface area contributed by atoms with E-state index in [0.29, 0.717) is 0 Å².